The van der Waals surface area contributed by atoms with Gasteiger partial charge in [0.2, 0.25) is 0 Å². The summed E-state index contributed by atoms with van der Waals surface area (Å²) >= 11 is 0. The van der Waals surface area contributed by atoms with Gasteiger partial charge in [0.1, 0.15) is 5.75 Å². The van der Waals surface area contributed by atoms with E-state index in [2.05, 4.69) is 0 Å². The molecule has 0 bridgehead atoms. The minimum Gasteiger partial charge on any atom is -0.497 e. The molecular weight excluding hydrogens is 316 g/mol. The lowest BCUT2D eigenvalue weighted by atomic mass is 9.98. The number of fused-ring (bicyclic) bond motifs is 1. The van der Waals surface area contributed by atoms with Crippen molar-refractivity contribution in [3.05, 3.63) is 77.9 Å². The second-order valence-corrected chi connectivity index (χ2v) is 5.77. The number of esters is 2. The summed E-state index contributed by atoms with van der Waals surface area (Å²) in [4.78, 5) is 24.3. The molecule has 0 unspecified atom stereocenters. The highest BCUT2D eigenvalue weighted by Crippen LogP contribution is 2.26. The summed E-state index contributed by atoms with van der Waals surface area (Å²) in [5.41, 5.74) is 1.15. The lowest BCUT2D eigenvalue weighted by molar-refractivity contribution is -0.139. The van der Waals surface area contributed by atoms with Gasteiger partial charge < -0.3 is 9.47 Å². The fourth-order valence-electron chi connectivity index (χ4n) is 2.59. The number of methoxy groups -OCH3 is 1. The van der Waals surface area contributed by atoms with Gasteiger partial charge in [-0.1, -0.05) is 42.5 Å². The zero-order chi connectivity index (χ0) is 17.8. The Morgan fingerprint density at radius 2 is 1.56 bits per heavy atom. The Kier molecular flexibility index (Phi) is 4.80. The molecule has 1 atom stereocenters. The molecule has 0 heterocycles. The van der Waals surface area contributed by atoms with E-state index in [1.165, 1.54) is 0 Å². The number of benzene rings is 3. The summed E-state index contributed by atoms with van der Waals surface area (Å²) in [5.74, 6) is -0.968. The van der Waals surface area contributed by atoms with Gasteiger partial charge in [0, 0.05) is 0 Å². The van der Waals surface area contributed by atoms with Crippen LogP contribution in [-0.2, 0) is 9.53 Å². The third-order valence-corrected chi connectivity index (χ3v) is 4.13. The molecule has 0 saturated heterocycles. The van der Waals surface area contributed by atoms with Crippen molar-refractivity contribution >= 4 is 22.7 Å². The van der Waals surface area contributed by atoms with E-state index in [4.69, 9.17) is 9.47 Å². The van der Waals surface area contributed by atoms with Crippen LogP contribution in [0.2, 0.25) is 0 Å². The van der Waals surface area contributed by atoms with E-state index in [-0.39, 0.29) is 0 Å². The summed E-state index contributed by atoms with van der Waals surface area (Å²) < 4.78 is 10.2. The quantitative estimate of drug-likeness (QED) is 0.526. The van der Waals surface area contributed by atoms with E-state index >= 15 is 0 Å². The molecule has 3 aromatic rings. The average molecular weight is 334 g/mol. The van der Waals surface area contributed by atoms with Gasteiger partial charge in [-0.25, -0.2) is 4.79 Å². The highest BCUT2D eigenvalue weighted by Gasteiger charge is 2.21. The van der Waals surface area contributed by atoms with Crippen molar-refractivity contribution in [1.29, 1.82) is 0 Å². The molecule has 0 spiro atoms. The number of carbonyl (C=O) groups is 2. The van der Waals surface area contributed by atoms with Gasteiger partial charge in [-0.3, -0.25) is 4.79 Å². The van der Waals surface area contributed by atoms with Crippen LogP contribution in [0.25, 0.3) is 10.8 Å². The molecular formula is C21H18O4. The van der Waals surface area contributed by atoms with E-state index in [1.54, 1.807) is 44.4 Å². The van der Waals surface area contributed by atoms with Crippen LogP contribution in [0.4, 0.5) is 0 Å². The standard InChI is InChI=1S/C21H18O4/c1-14(20(22)25-21(23)15-6-4-3-5-7-15)16-8-9-18-13-19(24-2)11-10-17(18)12-16/h3-14H,1-2H3/t14-/m0/s1. The van der Waals surface area contributed by atoms with E-state index in [0.29, 0.717) is 5.56 Å². The highest BCUT2D eigenvalue weighted by molar-refractivity contribution is 5.98. The Bertz CT molecular complexity index is 916. The minimum atomic E-state index is -0.636. The fraction of sp³-hybridized carbons (Fsp3) is 0.143. The molecule has 0 N–H and O–H groups in total. The number of rotatable bonds is 4. The zero-order valence-electron chi connectivity index (χ0n) is 14.1. The molecule has 0 radical (unpaired) electrons. The molecule has 0 amide bonds. The first-order valence-corrected chi connectivity index (χ1v) is 7.97. The van der Waals surface area contributed by atoms with Gasteiger partial charge in [0.25, 0.3) is 0 Å². The molecule has 0 fully saturated rings. The Morgan fingerprint density at radius 1 is 0.880 bits per heavy atom. The maximum Gasteiger partial charge on any atom is 0.345 e. The number of carbonyl (C=O) groups excluding carboxylic acids is 2. The van der Waals surface area contributed by atoms with Gasteiger partial charge in [-0.05, 0) is 47.5 Å². The maximum atomic E-state index is 12.3. The predicted octanol–water partition coefficient (Wildman–Crippen LogP) is 4.34. The van der Waals surface area contributed by atoms with Crippen molar-refractivity contribution in [3.63, 3.8) is 0 Å². The molecule has 4 heteroatoms. The van der Waals surface area contributed by atoms with Gasteiger partial charge >= 0.3 is 11.9 Å². The molecule has 4 nitrogen and oxygen atoms in total. The molecule has 0 aliphatic heterocycles. The first kappa shape index (κ1) is 16.7. The average Bonchev–Trinajstić information content (AvgIpc) is 2.67. The van der Waals surface area contributed by atoms with Crippen LogP contribution < -0.4 is 4.74 Å². The summed E-state index contributed by atoms with van der Waals surface area (Å²) in [5, 5.41) is 2.01. The Balaban J connectivity index is 1.77. The largest absolute Gasteiger partial charge is 0.497 e. The normalized spacial score (nSPS) is 11.8. The van der Waals surface area contributed by atoms with Crippen molar-refractivity contribution < 1.29 is 19.1 Å². The van der Waals surface area contributed by atoms with Crippen LogP contribution in [0.15, 0.2) is 66.7 Å². The summed E-state index contributed by atoms with van der Waals surface area (Å²) in [7, 11) is 1.62. The molecule has 0 aliphatic carbocycles. The monoisotopic (exact) mass is 334 g/mol. The van der Waals surface area contributed by atoms with E-state index in [0.717, 1.165) is 22.1 Å². The minimum absolute atomic E-state index is 0.355. The van der Waals surface area contributed by atoms with E-state index < -0.39 is 17.9 Å². The smallest absolute Gasteiger partial charge is 0.345 e. The maximum absolute atomic E-state index is 12.3. The van der Waals surface area contributed by atoms with Gasteiger partial charge in [-0.15, -0.1) is 0 Å². The number of ether oxygens (including phenoxy) is 2. The van der Waals surface area contributed by atoms with Crippen molar-refractivity contribution in [2.45, 2.75) is 12.8 Å². The van der Waals surface area contributed by atoms with Crippen LogP contribution in [0, 0.1) is 0 Å². The molecule has 3 aromatic carbocycles. The summed E-state index contributed by atoms with van der Waals surface area (Å²) in [6.45, 7) is 1.73. The lowest BCUT2D eigenvalue weighted by Crippen LogP contribution is -2.18. The zero-order valence-corrected chi connectivity index (χ0v) is 14.1. The molecule has 25 heavy (non-hydrogen) atoms. The van der Waals surface area contributed by atoms with Gasteiger partial charge in [0.15, 0.2) is 0 Å². The fourth-order valence-corrected chi connectivity index (χ4v) is 2.59. The van der Waals surface area contributed by atoms with Crippen molar-refractivity contribution in [3.8, 4) is 5.75 Å². The van der Waals surface area contributed by atoms with Crippen LogP contribution >= 0.6 is 0 Å². The van der Waals surface area contributed by atoms with Crippen LogP contribution in [0.3, 0.4) is 0 Å². The SMILES string of the molecule is COc1ccc2cc([C@H](C)C(=O)OC(=O)c3ccccc3)ccc2c1. The van der Waals surface area contributed by atoms with E-state index in [9.17, 15) is 9.59 Å². The summed E-state index contributed by atoms with van der Waals surface area (Å²) in [6, 6.07) is 19.9. The third-order valence-electron chi connectivity index (χ3n) is 4.13. The van der Waals surface area contributed by atoms with Gasteiger partial charge in [0.05, 0.1) is 18.6 Å². The van der Waals surface area contributed by atoms with Crippen LogP contribution in [-0.4, -0.2) is 19.0 Å². The number of hydrogen-bond acceptors (Lipinski definition) is 4. The van der Waals surface area contributed by atoms with E-state index in [1.807, 2.05) is 36.4 Å². The molecule has 126 valence electrons. The van der Waals surface area contributed by atoms with Crippen molar-refractivity contribution in [2.24, 2.45) is 0 Å². The lowest BCUT2D eigenvalue weighted by Gasteiger charge is -2.12. The molecule has 0 aromatic heterocycles. The first-order chi connectivity index (χ1) is 12.1. The topological polar surface area (TPSA) is 52.6 Å². The Hall–Kier alpha value is -3.14. The van der Waals surface area contributed by atoms with Crippen LogP contribution in [0.1, 0.15) is 28.8 Å². The van der Waals surface area contributed by atoms with Gasteiger partial charge in [-0.2, -0.15) is 0 Å². The van der Waals surface area contributed by atoms with Crippen molar-refractivity contribution in [1.82, 2.24) is 0 Å². The Morgan fingerprint density at radius 3 is 2.28 bits per heavy atom. The molecule has 3 rings (SSSR count). The highest BCUT2D eigenvalue weighted by atomic mass is 16.6. The molecule has 0 saturated carbocycles. The van der Waals surface area contributed by atoms with Crippen LogP contribution in [0.5, 0.6) is 5.75 Å². The number of hydrogen-bond donors (Lipinski definition) is 0. The molecule has 0 aliphatic rings. The first-order valence-electron chi connectivity index (χ1n) is 7.97. The second-order valence-electron chi connectivity index (χ2n) is 5.77. The Labute approximate surface area is 146 Å². The second kappa shape index (κ2) is 7.18. The predicted molar refractivity (Wildman–Crippen MR) is 95.8 cm³/mol. The van der Waals surface area contributed by atoms with Crippen molar-refractivity contribution in [2.75, 3.05) is 7.11 Å². The summed E-state index contributed by atoms with van der Waals surface area (Å²) in [6.07, 6.45) is 0. The third kappa shape index (κ3) is 3.69.